The fraction of sp³-hybridized carbons (Fsp3) is 0.261. The van der Waals surface area contributed by atoms with Crippen LogP contribution in [0.25, 0.3) is 0 Å². The Bertz CT molecular complexity index is 1110. The van der Waals surface area contributed by atoms with Gasteiger partial charge in [0.15, 0.2) is 0 Å². The standard InChI is InChI=1S/C23H24FN5O3/c1-32-20-8-3-2-7-19(20)22(30)28-13-10-18(11-14-28)29-21(9-12-25-29)27-23(31)26-17-6-4-5-16(24)15-17/h2-9,12,15,18H,10-11,13-14H2,1H3,(H2,26,27,31). The van der Waals surface area contributed by atoms with E-state index >= 15 is 0 Å². The molecule has 8 nitrogen and oxygen atoms in total. The number of nitrogens with zero attached hydrogens (tertiary/aromatic N) is 3. The zero-order valence-corrected chi connectivity index (χ0v) is 17.6. The van der Waals surface area contributed by atoms with E-state index in [1.807, 2.05) is 17.0 Å². The van der Waals surface area contributed by atoms with E-state index in [0.717, 1.165) is 0 Å². The zero-order valence-electron chi connectivity index (χ0n) is 17.6. The van der Waals surface area contributed by atoms with Crippen molar-refractivity contribution in [2.45, 2.75) is 18.9 Å². The van der Waals surface area contributed by atoms with Crippen molar-refractivity contribution < 1.29 is 18.7 Å². The number of halogens is 1. The second kappa shape index (κ2) is 9.51. The molecule has 4 rings (SSSR count). The number of hydrogen-bond acceptors (Lipinski definition) is 4. The van der Waals surface area contributed by atoms with Gasteiger partial charge < -0.3 is 15.0 Å². The Hall–Kier alpha value is -3.88. The lowest BCUT2D eigenvalue weighted by atomic mass is 10.0. The second-order valence-electron chi connectivity index (χ2n) is 7.47. The number of piperidine rings is 1. The monoisotopic (exact) mass is 437 g/mol. The highest BCUT2D eigenvalue weighted by atomic mass is 19.1. The molecular weight excluding hydrogens is 413 g/mol. The van der Waals surface area contributed by atoms with Crippen LogP contribution in [0, 0.1) is 5.82 Å². The first-order chi connectivity index (χ1) is 15.5. The molecular formula is C23H24FN5O3. The number of anilines is 2. The average molecular weight is 437 g/mol. The minimum Gasteiger partial charge on any atom is -0.496 e. The van der Waals surface area contributed by atoms with E-state index < -0.39 is 11.8 Å². The Balaban J connectivity index is 1.37. The third-order valence-electron chi connectivity index (χ3n) is 5.43. The van der Waals surface area contributed by atoms with Crippen molar-refractivity contribution in [1.82, 2.24) is 14.7 Å². The largest absolute Gasteiger partial charge is 0.496 e. The van der Waals surface area contributed by atoms with Gasteiger partial charge in [-0.15, -0.1) is 0 Å². The molecule has 32 heavy (non-hydrogen) atoms. The van der Waals surface area contributed by atoms with Crippen LogP contribution < -0.4 is 15.4 Å². The van der Waals surface area contributed by atoms with Gasteiger partial charge in [-0.25, -0.2) is 13.9 Å². The fourth-order valence-corrected chi connectivity index (χ4v) is 3.85. The van der Waals surface area contributed by atoms with Crippen LogP contribution in [0.15, 0.2) is 60.8 Å². The van der Waals surface area contributed by atoms with Gasteiger partial charge in [-0.05, 0) is 43.2 Å². The lowest BCUT2D eigenvalue weighted by Crippen LogP contribution is -2.39. The number of carbonyl (C=O) groups excluding carboxylic acids is 2. The van der Waals surface area contributed by atoms with Crippen LogP contribution in [0.1, 0.15) is 29.2 Å². The molecule has 2 heterocycles. The van der Waals surface area contributed by atoms with Crippen molar-refractivity contribution in [3.8, 4) is 5.75 Å². The van der Waals surface area contributed by atoms with Gasteiger partial charge in [0.1, 0.15) is 17.4 Å². The molecule has 1 saturated heterocycles. The molecule has 3 amide bonds. The summed E-state index contributed by atoms with van der Waals surface area (Å²) in [5.41, 5.74) is 0.903. The molecule has 0 bridgehead atoms. The van der Waals surface area contributed by atoms with Crippen LogP contribution in [0.4, 0.5) is 20.7 Å². The molecule has 9 heteroatoms. The minimum absolute atomic E-state index is 0.0381. The highest BCUT2D eigenvalue weighted by molar-refractivity contribution is 5.99. The SMILES string of the molecule is COc1ccccc1C(=O)N1CCC(n2nccc2NC(=O)Nc2cccc(F)c2)CC1. The smallest absolute Gasteiger partial charge is 0.324 e. The Morgan fingerprint density at radius 1 is 1.06 bits per heavy atom. The van der Waals surface area contributed by atoms with E-state index in [1.165, 1.54) is 18.2 Å². The van der Waals surface area contributed by atoms with E-state index in [2.05, 4.69) is 15.7 Å². The minimum atomic E-state index is -0.485. The normalized spacial score (nSPS) is 14.1. The Kier molecular flexibility index (Phi) is 6.34. The third kappa shape index (κ3) is 4.72. The lowest BCUT2D eigenvalue weighted by molar-refractivity contribution is 0.0687. The summed E-state index contributed by atoms with van der Waals surface area (Å²) in [7, 11) is 1.55. The van der Waals surface area contributed by atoms with Crippen LogP contribution in [-0.4, -0.2) is 46.8 Å². The van der Waals surface area contributed by atoms with Gasteiger partial charge >= 0.3 is 6.03 Å². The van der Waals surface area contributed by atoms with Crippen molar-refractivity contribution in [2.24, 2.45) is 0 Å². The topological polar surface area (TPSA) is 88.5 Å². The molecule has 0 spiro atoms. The molecule has 1 aliphatic rings. The Morgan fingerprint density at radius 3 is 2.59 bits per heavy atom. The summed E-state index contributed by atoms with van der Waals surface area (Å²) < 4.78 is 20.4. The first kappa shape index (κ1) is 21.4. The molecule has 0 unspecified atom stereocenters. The highest BCUT2D eigenvalue weighted by Crippen LogP contribution is 2.28. The van der Waals surface area contributed by atoms with Crippen molar-refractivity contribution in [3.63, 3.8) is 0 Å². The van der Waals surface area contributed by atoms with Gasteiger partial charge in [-0.2, -0.15) is 5.10 Å². The Morgan fingerprint density at radius 2 is 1.84 bits per heavy atom. The molecule has 166 valence electrons. The number of hydrogen-bond donors (Lipinski definition) is 2. The molecule has 3 aromatic rings. The molecule has 2 N–H and O–H groups in total. The van der Waals surface area contributed by atoms with Gasteiger partial charge in [-0.3, -0.25) is 10.1 Å². The highest BCUT2D eigenvalue weighted by Gasteiger charge is 2.27. The summed E-state index contributed by atoms with van der Waals surface area (Å²) >= 11 is 0. The van der Waals surface area contributed by atoms with Gasteiger partial charge in [0.25, 0.3) is 5.91 Å². The van der Waals surface area contributed by atoms with Gasteiger partial charge in [0, 0.05) is 24.8 Å². The summed E-state index contributed by atoms with van der Waals surface area (Å²) in [5, 5.41) is 9.73. The van der Waals surface area contributed by atoms with Crippen LogP contribution >= 0.6 is 0 Å². The molecule has 0 radical (unpaired) electrons. The van der Waals surface area contributed by atoms with Crippen molar-refractivity contribution in [1.29, 1.82) is 0 Å². The quantitative estimate of drug-likeness (QED) is 0.628. The maximum absolute atomic E-state index is 13.3. The number of methoxy groups -OCH3 is 1. The van der Waals surface area contributed by atoms with E-state index in [1.54, 1.807) is 42.3 Å². The van der Waals surface area contributed by atoms with Crippen LogP contribution in [0.2, 0.25) is 0 Å². The van der Waals surface area contributed by atoms with Crippen molar-refractivity contribution in [3.05, 3.63) is 72.2 Å². The van der Waals surface area contributed by atoms with Crippen LogP contribution in [-0.2, 0) is 0 Å². The summed E-state index contributed by atoms with van der Waals surface area (Å²) in [4.78, 5) is 27.1. The summed E-state index contributed by atoms with van der Waals surface area (Å²) in [5.74, 6) is 0.604. The summed E-state index contributed by atoms with van der Waals surface area (Å²) in [6.07, 6.45) is 3.01. The first-order valence-electron chi connectivity index (χ1n) is 10.3. The molecule has 2 aromatic carbocycles. The molecule has 0 saturated carbocycles. The number of aromatic nitrogens is 2. The van der Waals surface area contributed by atoms with E-state index in [-0.39, 0.29) is 11.9 Å². The predicted octanol–water partition coefficient (Wildman–Crippen LogP) is 4.15. The van der Waals surface area contributed by atoms with Crippen LogP contribution in [0.3, 0.4) is 0 Å². The predicted molar refractivity (Wildman–Crippen MR) is 118 cm³/mol. The molecule has 1 fully saturated rings. The summed E-state index contributed by atoms with van der Waals surface area (Å²) in [6.45, 7) is 1.13. The molecule has 0 aliphatic carbocycles. The van der Waals surface area contributed by atoms with Crippen molar-refractivity contribution >= 4 is 23.4 Å². The molecule has 1 aromatic heterocycles. The van der Waals surface area contributed by atoms with E-state index in [0.29, 0.717) is 48.7 Å². The number of para-hydroxylation sites is 1. The average Bonchev–Trinajstić information content (AvgIpc) is 3.26. The van der Waals surface area contributed by atoms with Gasteiger partial charge in [0.05, 0.1) is 24.9 Å². The number of amides is 3. The number of ether oxygens (including phenoxy) is 1. The number of likely N-dealkylation sites (tertiary alicyclic amines) is 1. The fourth-order valence-electron chi connectivity index (χ4n) is 3.85. The van der Waals surface area contributed by atoms with Crippen LogP contribution in [0.5, 0.6) is 5.75 Å². The number of rotatable bonds is 5. The first-order valence-corrected chi connectivity index (χ1v) is 10.3. The van der Waals surface area contributed by atoms with E-state index in [4.69, 9.17) is 4.74 Å². The summed E-state index contributed by atoms with van der Waals surface area (Å²) in [6, 6.07) is 14.1. The van der Waals surface area contributed by atoms with E-state index in [9.17, 15) is 14.0 Å². The van der Waals surface area contributed by atoms with Gasteiger partial charge in [0.2, 0.25) is 0 Å². The maximum atomic E-state index is 13.3. The van der Waals surface area contributed by atoms with Gasteiger partial charge in [-0.1, -0.05) is 18.2 Å². The molecule has 0 atom stereocenters. The second-order valence-corrected chi connectivity index (χ2v) is 7.47. The number of benzene rings is 2. The number of carbonyl (C=O) groups is 2. The maximum Gasteiger partial charge on any atom is 0.324 e. The zero-order chi connectivity index (χ0) is 22.5. The lowest BCUT2D eigenvalue weighted by Gasteiger charge is -2.33. The molecule has 1 aliphatic heterocycles. The Labute approximate surface area is 185 Å². The number of nitrogens with one attached hydrogen (secondary N) is 2. The third-order valence-corrected chi connectivity index (χ3v) is 5.43. The van der Waals surface area contributed by atoms with Crippen molar-refractivity contribution in [2.75, 3.05) is 30.8 Å². The number of urea groups is 1.